The number of nitrogens with zero attached hydrogens (tertiary/aromatic N) is 1. The van der Waals surface area contributed by atoms with Crippen LogP contribution in [-0.4, -0.2) is 34.8 Å². The summed E-state index contributed by atoms with van der Waals surface area (Å²) in [5.41, 5.74) is 1.67. The molecule has 0 aliphatic heterocycles. The first-order valence-electron chi connectivity index (χ1n) is 8.24. The average Bonchev–Trinajstić information content (AvgIpc) is 3.11. The number of anilines is 1. The Bertz CT molecular complexity index is 918. The monoisotopic (exact) mass is 353 g/mol. The number of H-pyrrole nitrogens is 1. The molecule has 0 aliphatic rings. The summed E-state index contributed by atoms with van der Waals surface area (Å²) in [6.07, 6.45) is 0.726. The van der Waals surface area contributed by atoms with Crippen molar-refractivity contribution in [2.45, 2.75) is 20.0 Å². The van der Waals surface area contributed by atoms with E-state index >= 15 is 0 Å². The molecule has 7 heteroatoms. The molecule has 0 spiro atoms. The third kappa shape index (κ3) is 4.00. The van der Waals surface area contributed by atoms with E-state index < -0.39 is 18.0 Å². The molecule has 1 unspecified atom stereocenters. The number of esters is 1. The molecule has 0 aliphatic carbocycles. The van der Waals surface area contributed by atoms with Crippen LogP contribution in [0.25, 0.3) is 10.9 Å². The summed E-state index contributed by atoms with van der Waals surface area (Å²) in [7, 11) is 0. The Balaban J connectivity index is 1.60. The predicted octanol–water partition coefficient (Wildman–Crippen LogP) is 3.15. The maximum atomic E-state index is 12.2. The molecule has 2 aromatic carbocycles. The first kappa shape index (κ1) is 17.5. The molecular weight excluding hydrogens is 334 g/mol. The minimum Gasteiger partial charge on any atom is -0.494 e. The fourth-order valence-electron chi connectivity index (χ4n) is 2.39. The van der Waals surface area contributed by atoms with Gasteiger partial charge in [0.25, 0.3) is 5.91 Å². The number of hydrogen-bond acceptors (Lipinski definition) is 5. The molecule has 1 amide bonds. The zero-order valence-electron chi connectivity index (χ0n) is 14.5. The molecule has 7 nitrogen and oxygen atoms in total. The number of benzene rings is 2. The van der Waals surface area contributed by atoms with E-state index in [1.807, 2.05) is 6.92 Å². The van der Waals surface area contributed by atoms with E-state index in [1.165, 1.54) is 6.92 Å². The summed E-state index contributed by atoms with van der Waals surface area (Å²) in [6.45, 7) is 4.00. The van der Waals surface area contributed by atoms with Crippen LogP contribution in [0.3, 0.4) is 0 Å². The summed E-state index contributed by atoms with van der Waals surface area (Å²) < 4.78 is 10.6. The van der Waals surface area contributed by atoms with Crippen molar-refractivity contribution in [1.82, 2.24) is 10.2 Å². The van der Waals surface area contributed by atoms with E-state index in [2.05, 4.69) is 15.5 Å². The van der Waals surface area contributed by atoms with E-state index in [-0.39, 0.29) is 0 Å². The Hall–Kier alpha value is -3.35. The topological polar surface area (TPSA) is 93.3 Å². The smallest absolute Gasteiger partial charge is 0.338 e. The Kier molecular flexibility index (Phi) is 5.17. The molecule has 1 atom stereocenters. The lowest BCUT2D eigenvalue weighted by Crippen LogP contribution is -2.30. The first-order chi connectivity index (χ1) is 12.6. The Morgan fingerprint density at radius 1 is 1.19 bits per heavy atom. The lowest BCUT2D eigenvalue weighted by atomic mass is 10.2. The zero-order chi connectivity index (χ0) is 18.5. The van der Waals surface area contributed by atoms with Crippen LogP contribution in [0, 0.1) is 0 Å². The number of aromatic nitrogens is 2. The minimum atomic E-state index is -0.938. The van der Waals surface area contributed by atoms with Crippen molar-refractivity contribution >= 4 is 28.5 Å². The van der Waals surface area contributed by atoms with Crippen LogP contribution < -0.4 is 10.1 Å². The number of amides is 1. The molecule has 0 radical (unpaired) electrons. The lowest BCUT2D eigenvalue weighted by molar-refractivity contribution is -0.123. The van der Waals surface area contributed by atoms with Gasteiger partial charge in [0.2, 0.25) is 0 Å². The highest BCUT2D eigenvalue weighted by atomic mass is 16.5. The number of ether oxygens (including phenoxy) is 2. The van der Waals surface area contributed by atoms with Crippen molar-refractivity contribution in [1.29, 1.82) is 0 Å². The van der Waals surface area contributed by atoms with Gasteiger partial charge in [0.1, 0.15) is 5.75 Å². The van der Waals surface area contributed by atoms with Gasteiger partial charge in [-0.1, -0.05) is 6.07 Å². The van der Waals surface area contributed by atoms with E-state index in [4.69, 9.17) is 9.47 Å². The van der Waals surface area contributed by atoms with Crippen molar-refractivity contribution in [3.05, 3.63) is 54.2 Å². The Morgan fingerprint density at radius 2 is 1.96 bits per heavy atom. The standard InChI is InChI=1S/C19H19N3O4/c1-3-25-16-8-6-15(7-9-16)21-18(23)12(2)26-19(24)13-4-5-14-11-20-22-17(14)10-13/h4-12H,3H2,1-2H3,(H,20,22)(H,21,23). The number of rotatable bonds is 6. The van der Waals surface area contributed by atoms with Gasteiger partial charge < -0.3 is 14.8 Å². The zero-order valence-corrected chi connectivity index (χ0v) is 14.5. The maximum Gasteiger partial charge on any atom is 0.338 e. The molecule has 26 heavy (non-hydrogen) atoms. The Morgan fingerprint density at radius 3 is 2.69 bits per heavy atom. The molecule has 0 saturated carbocycles. The van der Waals surface area contributed by atoms with Crippen LogP contribution in [-0.2, 0) is 9.53 Å². The molecule has 0 fully saturated rings. The highest BCUT2D eigenvalue weighted by molar-refractivity contribution is 5.98. The lowest BCUT2D eigenvalue weighted by Gasteiger charge is -2.14. The molecule has 3 rings (SSSR count). The van der Waals surface area contributed by atoms with Crippen molar-refractivity contribution in [2.24, 2.45) is 0 Å². The van der Waals surface area contributed by atoms with Gasteiger partial charge in [0, 0.05) is 11.1 Å². The number of nitrogens with one attached hydrogen (secondary N) is 2. The van der Waals surface area contributed by atoms with Crippen LogP contribution in [0.5, 0.6) is 5.75 Å². The molecule has 0 bridgehead atoms. The van der Waals surface area contributed by atoms with Gasteiger partial charge >= 0.3 is 5.97 Å². The van der Waals surface area contributed by atoms with Crippen LogP contribution in [0.15, 0.2) is 48.7 Å². The van der Waals surface area contributed by atoms with Crippen LogP contribution in [0.2, 0.25) is 0 Å². The molecule has 2 N–H and O–H groups in total. The normalized spacial score (nSPS) is 11.8. The number of fused-ring (bicyclic) bond motifs is 1. The molecule has 1 heterocycles. The second-order valence-electron chi connectivity index (χ2n) is 5.67. The van der Waals surface area contributed by atoms with Crippen LogP contribution in [0.1, 0.15) is 24.2 Å². The van der Waals surface area contributed by atoms with Gasteiger partial charge in [-0.15, -0.1) is 0 Å². The minimum absolute atomic E-state index is 0.350. The fraction of sp³-hybridized carbons (Fsp3) is 0.211. The van der Waals surface area contributed by atoms with E-state index in [0.29, 0.717) is 17.9 Å². The van der Waals surface area contributed by atoms with Crippen LogP contribution >= 0.6 is 0 Å². The molecule has 0 saturated heterocycles. The van der Waals surface area contributed by atoms with E-state index in [0.717, 1.165) is 16.7 Å². The number of hydrogen-bond donors (Lipinski definition) is 2. The second-order valence-corrected chi connectivity index (χ2v) is 5.67. The van der Waals surface area contributed by atoms with Gasteiger partial charge in [0.15, 0.2) is 6.10 Å². The van der Waals surface area contributed by atoms with E-state index in [9.17, 15) is 9.59 Å². The fourth-order valence-corrected chi connectivity index (χ4v) is 2.39. The summed E-state index contributed by atoms with van der Waals surface area (Å²) in [5.74, 6) is -0.264. The van der Waals surface area contributed by atoms with Crippen molar-refractivity contribution in [2.75, 3.05) is 11.9 Å². The molecule has 3 aromatic rings. The summed E-state index contributed by atoms with van der Waals surface area (Å²) in [5, 5.41) is 10.3. The van der Waals surface area contributed by atoms with E-state index in [1.54, 1.807) is 48.7 Å². The number of carbonyl (C=O) groups is 2. The van der Waals surface area contributed by atoms with Crippen molar-refractivity contribution in [3.63, 3.8) is 0 Å². The van der Waals surface area contributed by atoms with Gasteiger partial charge in [-0.25, -0.2) is 4.79 Å². The third-order valence-electron chi connectivity index (χ3n) is 3.76. The maximum absolute atomic E-state index is 12.2. The Labute approximate surface area is 150 Å². The SMILES string of the molecule is CCOc1ccc(NC(=O)C(C)OC(=O)c2ccc3cn[nH]c3c2)cc1. The number of aromatic amines is 1. The highest BCUT2D eigenvalue weighted by Gasteiger charge is 2.19. The van der Waals surface area contributed by atoms with Crippen LogP contribution in [0.4, 0.5) is 5.69 Å². The largest absolute Gasteiger partial charge is 0.494 e. The van der Waals surface area contributed by atoms with Crippen molar-refractivity contribution in [3.8, 4) is 5.75 Å². The summed E-state index contributed by atoms with van der Waals surface area (Å²) >= 11 is 0. The predicted molar refractivity (Wildman–Crippen MR) is 97.2 cm³/mol. The number of carbonyl (C=O) groups excluding carboxylic acids is 2. The van der Waals surface area contributed by atoms with Gasteiger partial charge in [-0.05, 0) is 50.2 Å². The quantitative estimate of drug-likeness (QED) is 0.664. The van der Waals surface area contributed by atoms with Crippen molar-refractivity contribution < 1.29 is 19.1 Å². The first-order valence-corrected chi connectivity index (χ1v) is 8.24. The highest BCUT2D eigenvalue weighted by Crippen LogP contribution is 2.17. The molecule has 1 aromatic heterocycles. The second kappa shape index (κ2) is 7.69. The average molecular weight is 353 g/mol. The molecule has 134 valence electrons. The summed E-state index contributed by atoms with van der Waals surface area (Å²) in [4.78, 5) is 24.5. The summed E-state index contributed by atoms with van der Waals surface area (Å²) in [6, 6.07) is 12.0. The van der Waals surface area contributed by atoms with Gasteiger partial charge in [-0.2, -0.15) is 5.10 Å². The van der Waals surface area contributed by atoms with Gasteiger partial charge in [0.05, 0.1) is 23.9 Å². The third-order valence-corrected chi connectivity index (χ3v) is 3.76. The van der Waals surface area contributed by atoms with Gasteiger partial charge in [-0.3, -0.25) is 9.89 Å². The molecular formula is C19H19N3O4.